The first-order valence-electron chi connectivity index (χ1n) is 5.75. The molecule has 19 heavy (non-hydrogen) atoms. The highest BCUT2D eigenvalue weighted by Gasteiger charge is 2.29. The molecule has 1 heterocycles. The van der Waals surface area contributed by atoms with Gasteiger partial charge < -0.3 is 14.2 Å². The molecule has 0 spiro atoms. The van der Waals surface area contributed by atoms with Crippen molar-refractivity contribution in [1.29, 1.82) is 0 Å². The van der Waals surface area contributed by atoms with Gasteiger partial charge in [0.1, 0.15) is 11.3 Å². The van der Waals surface area contributed by atoms with Gasteiger partial charge in [-0.1, -0.05) is 0 Å². The maximum Gasteiger partial charge on any atom is 0.347 e. The van der Waals surface area contributed by atoms with Crippen molar-refractivity contribution in [3.63, 3.8) is 0 Å². The van der Waals surface area contributed by atoms with Crippen LogP contribution in [0.5, 0.6) is 5.75 Å². The van der Waals surface area contributed by atoms with E-state index in [2.05, 4.69) is 0 Å². The lowest BCUT2D eigenvalue weighted by molar-refractivity contribution is -0.143. The standard InChI is InChI=1S/C13H14O5S/c1-16-12(14)9-7-8(19-2)3-4-10(9)18-11-5-6-17-13(11)15/h3-4,7,11H,5-6H2,1-2H3. The second-order valence-corrected chi connectivity index (χ2v) is 4.80. The van der Waals surface area contributed by atoms with E-state index in [0.29, 0.717) is 24.3 Å². The minimum Gasteiger partial charge on any atom is -0.478 e. The van der Waals surface area contributed by atoms with E-state index in [1.54, 1.807) is 12.1 Å². The van der Waals surface area contributed by atoms with Crippen LogP contribution in [-0.2, 0) is 14.3 Å². The van der Waals surface area contributed by atoms with E-state index >= 15 is 0 Å². The van der Waals surface area contributed by atoms with E-state index in [1.165, 1.54) is 18.9 Å². The summed E-state index contributed by atoms with van der Waals surface area (Å²) >= 11 is 1.51. The fraction of sp³-hybridized carbons (Fsp3) is 0.385. The van der Waals surface area contributed by atoms with E-state index in [1.807, 2.05) is 12.3 Å². The fourth-order valence-electron chi connectivity index (χ4n) is 1.75. The maximum absolute atomic E-state index is 11.7. The maximum atomic E-state index is 11.7. The van der Waals surface area contributed by atoms with E-state index < -0.39 is 18.0 Å². The number of ether oxygens (including phenoxy) is 3. The topological polar surface area (TPSA) is 61.8 Å². The van der Waals surface area contributed by atoms with Gasteiger partial charge in [0.05, 0.1) is 13.7 Å². The monoisotopic (exact) mass is 282 g/mol. The smallest absolute Gasteiger partial charge is 0.347 e. The first-order valence-corrected chi connectivity index (χ1v) is 6.98. The summed E-state index contributed by atoms with van der Waals surface area (Å²) in [6, 6.07) is 5.18. The van der Waals surface area contributed by atoms with Crippen LogP contribution in [0.2, 0.25) is 0 Å². The largest absolute Gasteiger partial charge is 0.478 e. The summed E-state index contributed by atoms with van der Waals surface area (Å²) in [5, 5.41) is 0. The Morgan fingerprint density at radius 1 is 1.47 bits per heavy atom. The summed E-state index contributed by atoms with van der Waals surface area (Å²) in [4.78, 5) is 24.0. The number of cyclic esters (lactones) is 1. The summed E-state index contributed by atoms with van der Waals surface area (Å²) < 4.78 is 15.1. The predicted molar refractivity (Wildman–Crippen MR) is 69.6 cm³/mol. The molecule has 1 atom stereocenters. The number of hydrogen-bond acceptors (Lipinski definition) is 6. The van der Waals surface area contributed by atoms with Gasteiger partial charge in [0, 0.05) is 11.3 Å². The van der Waals surface area contributed by atoms with Crippen LogP contribution in [0.3, 0.4) is 0 Å². The number of carbonyl (C=O) groups excluding carboxylic acids is 2. The molecule has 1 aliphatic heterocycles. The van der Waals surface area contributed by atoms with Gasteiger partial charge in [-0.05, 0) is 24.5 Å². The van der Waals surface area contributed by atoms with Gasteiger partial charge >= 0.3 is 11.9 Å². The van der Waals surface area contributed by atoms with Gasteiger partial charge in [-0.3, -0.25) is 0 Å². The van der Waals surface area contributed by atoms with Gasteiger partial charge in [-0.25, -0.2) is 9.59 Å². The Morgan fingerprint density at radius 3 is 2.84 bits per heavy atom. The summed E-state index contributed by atoms with van der Waals surface area (Å²) in [5.74, 6) is -0.546. The molecular formula is C13H14O5S. The van der Waals surface area contributed by atoms with Gasteiger partial charge in [0.15, 0.2) is 6.10 Å². The number of benzene rings is 1. The zero-order valence-corrected chi connectivity index (χ0v) is 11.5. The Morgan fingerprint density at radius 2 is 2.26 bits per heavy atom. The molecule has 5 nitrogen and oxygen atoms in total. The van der Waals surface area contributed by atoms with Gasteiger partial charge in [0.2, 0.25) is 0 Å². The zero-order valence-electron chi connectivity index (χ0n) is 10.7. The molecular weight excluding hydrogens is 268 g/mol. The van der Waals surface area contributed by atoms with Crippen LogP contribution < -0.4 is 4.74 Å². The third kappa shape index (κ3) is 3.01. The number of carbonyl (C=O) groups is 2. The molecule has 1 aromatic rings. The summed E-state index contributed by atoms with van der Waals surface area (Å²) in [6.07, 6.45) is 1.75. The van der Waals surface area contributed by atoms with Crippen molar-refractivity contribution >= 4 is 23.7 Å². The van der Waals surface area contributed by atoms with E-state index in [9.17, 15) is 9.59 Å². The quantitative estimate of drug-likeness (QED) is 0.621. The minimum atomic E-state index is -0.650. The van der Waals surface area contributed by atoms with Gasteiger partial charge in [0.25, 0.3) is 0 Å². The Kier molecular flexibility index (Phi) is 4.31. The van der Waals surface area contributed by atoms with Crippen LogP contribution in [0.25, 0.3) is 0 Å². The Balaban J connectivity index is 2.27. The SMILES string of the molecule is COC(=O)c1cc(SC)ccc1OC1CCOC1=O. The van der Waals surface area contributed by atoms with Crippen molar-refractivity contribution < 1.29 is 23.8 Å². The summed E-state index contributed by atoms with van der Waals surface area (Å²) in [5.41, 5.74) is 0.314. The third-order valence-electron chi connectivity index (χ3n) is 2.75. The zero-order chi connectivity index (χ0) is 13.8. The normalized spacial score (nSPS) is 18.0. The van der Waals surface area contributed by atoms with Gasteiger partial charge in [-0.15, -0.1) is 11.8 Å². The number of methoxy groups -OCH3 is 1. The molecule has 0 aromatic heterocycles. The molecule has 1 saturated heterocycles. The number of hydrogen-bond donors (Lipinski definition) is 0. The number of esters is 2. The highest BCUT2D eigenvalue weighted by molar-refractivity contribution is 7.98. The Bertz CT molecular complexity index is 500. The molecule has 6 heteroatoms. The molecule has 0 N–H and O–H groups in total. The Hall–Kier alpha value is -1.69. The van der Waals surface area contributed by atoms with Crippen LogP contribution in [0.1, 0.15) is 16.8 Å². The lowest BCUT2D eigenvalue weighted by atomic mass is 10.2. The first kappa shape index (κ1) is 13.7. The molecule has 0 aliphatic carbocycles. The molecule has 1 fully saturated rings. The first-order chi connectivity index (χ1) is 9.15. The van der Waals surface area contributed by atoms with E-state index in [4.69, 9.17) is 14.2 Å². The van der Waals surface area contributed by atoms with E-state index in [-0.39, 0.29) is 0 Å². The highest BCUT2D eigenvalue weighted by atomic mass is 32.2. The van der Waals surface area contributed by atoms with Crippen LogP contribution in [0, 0.1) is 0 Å². The molecule has 0 bridgehead atoms. The summed E-state index contributed by atoms with van der Waals surface area (Å²) in [7, 11) is 1.31. The lowest BCUT2D eigenvalue weighted by Gasteiger charge is -2.13. The Labute approximate surface area is 115 Å². The molecule has 1 aliphatic rings. The molecule has 0 saturated carbocycles. The number of thioether (sulfide) groups is 1. The second-order valence-electron chi connectivity index (χ2n) is 3.92. The predicted octanol–water partition coefficient (Wildman–Crippen LogP) is 1.89. The molecule has 0 radical (unpaired) electrons. The molecule has 1 aromatic carbocycles. The van der Waals surface area contributed by atoms with Crippen LogP contribution in [-0.4, -0.2) is 38.0 Å². The summed E-state index contributed by atoms with van der Waals surface area (Å²) in [6.45, 7) is 0.347. The van der Waals surface area contributed by atoms with Crippen molar-refractivity contribution in [3.05, 3.63) is 23.8 Å². The molecule has 2 rings (SSSR count). The third-order valence-corrected chi connectivity index (χ3v) is 3.47. The van der Waals surface area contributed by atoms with E-state index in [0.717, 1.165) is 4.90 Å². The molecule has 102 valence electrons. The van der Waals surface area contributed by atoms with Crippen LogP contribution in [0.15, 0.2) is 23.1 Å². The van der Waals surface area contributed by atoms with Crippen LogP contribution in [0.4, 0.5) is 0 Å². The number of rotatable bonds is 4. The van der Waals surface area contributed by atoms with Crippen molar-refractivity contribution in [3.8, 4) is 5.75 Å². The molecule has 1 unspecified atom stereocenters. The van der Waals surface area contributed by atoms with Crippen molar-refractivity contribution in [2.45, 2.75) is 17.4 Å². The van der Waals surface area contributed by atoms with Crippen molar-refractivity contribution in [2.24, 2.45) is 0 Å². The highest BCUT2D eigenvalue weighted by Crippen LogP contribution is 2.27. The second kappa shape index (κ2) is 5.97. The van der Waals surface area contributed by atoms with Crippen LogP contribution >= 0.6 is 11.8 Å². The molecule has 0 amide bonds. The van der Waals surface area contributed by atoms with Crippen molar-refractivity contribution in [2.75, 3.05) is 20.0 Å². The van der Waals surface area contributed by atoms with Gasteiger partial charge in [-0.2, -0.15) is 0 Å². The average molecular weight is 282 g/mol. The average Bonchev–Trinajstić information content (AvgIpc) is 2.84. The van der Waals surface area contributed by atoms with Crippen molar-refractivity contribution in [1.82, 2.24) is 0 Å². The minimum absolute atomic E-state index is 0.314. The fourth-order valence-corrected chi connectivity index (χ4v) is 2.19. The lowest BCUT2D eigenvalue weighted by Crippen LogP contribution is -2.23.